The molecule has 0 saturated heterocycles. The maximum absolute atomic E-state index is 8.86. The third-order valence-corrected chi connectivity index (χ3v) is 2.21. The molecule has 4 nitrogen and oxygen atoms in total. The van der Waals surface area contributed by atoms with E-state index in [-0.39, 0.29) is 0 Å². The molecule has 0 spiro atoms. The highest BCUT2D eigenvalue weighted by Crippen LogP contribution is 2.32. The van der Waals surface area contributed by atoms with E-state index in [1.807, 2.05) is 6.07 Å². The first kappa shape index (κ1) is 13.8. The Labute approximate surface area is 110 Å². The van der Waals surface area contributed by atoms with Crippen molar-refractivity contribution >= 4 is 28.9 Å². The molecule has 1 aromatic carbocycles. The molecule has 17 heavy (non-hydrogen) atoms. The number of alkyl halides is 2. The molecule has 0 amide bonds. The molecule has 1 aromatic rings. The summed E-state index contributed by atoms with van der Waals surface area (Å²) in [5.74, 6) is 1.62. The number of ether oxygens (including phenoxy) is 2. The van der Waals surface area contributed by atoms with Crippen molar-refractivity contribution in [3.8, 4) is 17.6 Å². The Morgan fingerprint density at radius 2 is 1.65 bits per heavy atom. The van der Waals surface area contributed by atoms with Crippen molar-refractivity contribution in [1.82, 2.24) is 0 Å². The minimum Gasteiger partial charge on any atom is -0.488 e. The summed E-state index contributed by atoms with van der Waals surface area (Å²) in [5, 5.41) is 8.86. The molecule has 0 aliphatic heterocycles. The lowest BCUT2D eigenvalue weighted by molar-refractivity contribution is 0.290. The second-order valence-electron chi connectivity index (χ2n) is 3.07. The number of nitrogen functional groups attached to an aromatic ring is 1. The zero-order chi connectivity index (χ0) is 12.7. The van der Waals surface area contributed by atoms with Crippen LogP contribution in [0.25, 0.3) is 0 Å². The van der Waals surface area contributed by atoms with Gasteiger partial charge in [-0.3, -0.25) is 0 Å². The van der Waals surface area contributed by atoms with Crippen molar-refractivity contribution in [3.05, 3.63) is 17.7 Å². The Balaban J connectivity index is 2.99. The fourth-order valence-electron chi connectivity index (χ4n) is 1.20. The van der Waals surface area contributed by atoms with Crippen LogP contribution < -0.4 is 15.2 Å². The van der Waals surface area contributed by atoms with Crippen LogP contribution in [0.15, 0.2) is 12.1 Å². The van der Waals surface area contributed by atoms with Crippen LogP contribution in [0.4, 0.5) is 5.69 Å². The summed E-state index contributed by atoms with van der Waals surface area (Å²) < 4.78 is 10.7. The molecular weight excluding hydrogens is 263 g/mol. The second kappa shape index (κ2) is 7.10. The van der Waals surface area contributed by atoms with E-state index in [0.717, 1.165) is 0 Å². The van der Waals surface area contributed by atoms with Gasteiger partial charge in [0.2, 0.25) is 0 Å². The maximum Gasteiger partial charge on any atom is 0.163 e. The summed E-state index contributed by atoms with van der Waals surface area (Å²) in [6.45, 7) is 0.664. The smallest absolute Gasteiger partial charge is 0.163 e. The lowest BCUT2D eigenvalue weighted by atomic mass is 10.2. The first-order chi connectivity index (χ1) is 8.22. The van der Waals surface area contributed by atoms with Crippen molar-refractivity contribution in [3.63, 3.8) is 0 Å². The first-order valence-corrected chi connectivity index (χ1v) is 6.01. The Bertz CT molecular complexity index is 419. The summed E-state index contributed by atoms with van der Waals surface area (Å²) in [6, 6.07) is 5.06. The van der Waals surface area contributed by atoms with E-state index in [4.69, 9.17) is 43.7 Å². The third kappa shape index (κ3) is 3.88. The molecule has 2 N–H and O–H groups in total. The predicted molar refractivity (Wildman–Crippen MR) is 68.0 cm³/mol. The molecule has 0 bridgehead atoms. The molecule has 0 saturated carbocycles. The van der Waals surface area contributed by atoms with Crippen molar-refractivity contribution in [1.29, 1.82) is 5.26 Å². The van der Waals surface area contributed by atoms with Gasteiger partial charge in [-0.15, -0.1) is 23.2 Å². The Hall–Kier alpha value is -1.31. The number of hydrogen-bond acceptors (Lipinski definition) is 4. The van der Waals surface area contributed by atoms with E-state index in [0.29, 0.717) is 47.7 Å². The molecule has 0 heterocycles. The number of nitriles is 1. The van der Waals surface area contributed by atoms with Gasteiger partial charge in [0.1, 0.15) is 19.3 Å². The molecule has 0 aromatic heterocycles. The number of benzene rings is 1. The lowest BCUT2D eigenvalue weighted by Crippen LogP contribution is -2.05. The zero-order valence-electron chi connectivity index (χ0n) is 9.08. The molecule has 6 heteroatoms. The van der Waals surface area contributed by atoms with Crippen LogP contribution in [0.5, 0.6) is 11.5 Å². The molecule has 0 aliphatic rings. The minimum atomic E-state index is 0.327. The van der Waals surface area contributed by atoms with Gasteiger partial charge < -0.3 is 15.2 Å². The third-order valence-electron chi connectivity index (χ3n) is 1.91. The first-order valence-electron chi connectivity index (χ1n) is 4.94. The second-order valence-corrected chi connectivity index (χ2v) is 3.83. The highest BCUT2D eigenvalue weighted by molar-refractivity contribution is 6.18. The van der Waals surface area contributed by atoms with Gasteiger partial charge in [-0.2, -0.15) is 5.26 Å². The average molecular weight is 275 g/mol. The summed E-state index contributed by atoms with van der Waals surface area (Å²) in [6.07, 6.45) is 0. The Morgan fingerprint density at radius 3 is 2.12 bits per heavy atom. The van der Waals surface area contributed by atoms with E-state index < -0.39 is 0 Å². The molecule has 0 unspecified atom stereocenters. The van der Waals surface area contributed by atoms with Crippen molar-refractivity contribution < 1.29 is 9.47 Å². The average Bonchev–Trinajstić information content (AvgIpc) is 2.34. The zero-order valence-corrected chi connectivity index (χ0v) is 10.6. The number of nitrogens with zero attached hydrogens (tertiary/aromatic N) is 1. The van der Waals surface area contributed by atoms with Crippen LogP contribution in [-0.4, -0.2) is 25.0 Å². The summed E-state index contributed by atoms with van der Waals surface area (Å²) >= 11 is 11.1. The van der Waals surface area contributed by atoms with E-state index in [9.17, 15) is 0 Å². The molecule has 0 fully saturated rings. The maximum atomic E-state index is 8.86. The lowest BCUT2D eigenvalue weighted by Gasteiger charge is -2.12. The van der Waals surface area contributed by atoms with Crippen molar-refractivity contribution in [2.75, 3.05) is 30.7 Å². The van der Waals surface area contributed by atoms with Crippen molar-refractivity contribution in [2.24, 2.45) is 0 Å². The van der Waals surface area contributed by atoms with Crippen LogP contribution in [0, 0.1) is 11.3 Å². The monoisotopic (exact) mass is 274 g/mol. The quantitative estimate of drug-likeness (QED) is 0.639. The van der Waals surface area contributed by atoms with Crippen molar-refractivity contribution in [2.45, 2.75) is 0 Å². The van der Waals surface area contributed by atoms with Gasteiger partial charge in [-0.05, 0) is 0 Å². The number of hydrogen-bond donors (Lipinski definition) is 1. The van der Waals surface area contributed by atoms with Crippen LogP contribution >= 0.6 is 23.2 Å². The highest BCUT2D eigenvalue weighted by atomic mass is 35.5. The topological polar surface area (TPSA) is 68.3 Å². The summed E-state index contributed by atoms with van der Waals surface area (Å²) in [5.41, 5.74) is 6.37. The van der Waals surface area contributed by atoms with E-state index in [2.05, 4.69) is 0 Å². The number of nitrogens with two attached hydrogens (primary N) is 1. The van der Waals surface area contributed by atoms with Gasteiger partial charge in [0, 0.05) is 12.1 Å². The molecule has 0 atom stereocenters. The number of halogens is 2. The van der Waals surface area contributed by atoms with Crippen LogP contribution in [-0.2, 0) is 0 Å². The number of rotatable bonds is 6. The predicted octanol–water partition coefficient (Wildman–Crippen LogP) is 2.38. The van der Waals surface area contributed by atoms with Gasteiger partial charge in [0.15, 0.2) is 11.5 Å². The molecule has 0 aliphatic carbocycles. The van der Waals surface area contributed by atoms with E-state index in [1.165, 1.54) is 6.07 Å². The van der Waals surface area contributed by atoms with Crippen LogP contribution in [0.3, 0.4) is 0 Å². The fourth-order valence-corrected chi connectivity index (χ4v) is 1.35. The molecular formula is C11H12Cl2N2O2. The molecule has 0 radical (unpaired) electrons. The van der Waals surface area contributed by atoms with Gasteiger partial charge in [0.25, 0.3) is 0 Å². The highest BCUT2D eigenvalue weighted by Gasteiger charge is 2.10. The normalized spacial score (nSPS) is 9.71. The van der Waals surface area contributed by atoms with Gasteiger partial charge in [-0.1, -0.05) is 0 Å². The van der Waals surface area contributed by atoms with Crippen LogP contribution in [0.1, 0.15) is 5.56 Å². The molecule has 92 valence electrons. The van der Waals surface area contributed by atoms with E-state index in [1.54, 1.807) is 6.07 Å². The van der Waals surface area contributed by atoms with Gasteiger partial charge in [0.05, 0.1) is 23.0 Å². The SMILES string of the molecule is N#Cc1cc(OCCCl)c(OCCCl)cc1N. The largest absolute Gasteiger partial charge is 0.488 e. The fraction of sp³-hybridized carbons (Fsp3) is 0.364. The Morgan fingerprint density at radius 1 is 1.12 bits per heavy atom. The number of anilines is 1. The standard InChI is InChI=1S/C11H12Cl2N2O2/c12-1-3-16-10-5-8(7-14)9(15)6-11(10)17-4-2-13/h5-6H,1-4,15H2. The summed E-state index contributed by atoms with van der Waals surface area (Å²) in [4.78, 5) is 0. The minimum absolute atomic E-state index is 0.327. The van der Waals surface area contributed by atoms with Crippen LogP contribution in [0.2, 0.25) is 0 Å². The molecule has 1 rings (SSSR count). The van der Waals surface area contributed by atoms with Gasteiger partial charge >= 0.3 is 0 Å². The van der Waals surface area contributed by atoms with Gasteiger partial charge in [-0.25, -0.2) is 0 Å². The Kier molecular flexibility index (Phi) is 5.75. The van der Waals surface area contributed by atoms with E-state index >= 15 is 0 Å². The summed E-state index contributed by atoms with van der Waals surface area (Å²) in [7, 11) is 0.